The van der Waals surface area contributed by atoms with Crippen molar-refractivity contribution in [2.24, 2.45) is 0 Å². The summed E-state index contributed by atoms with van der Waals surface area (Å²) in [4.78, 5) is 11.2. The number of rotatable bonds is 30. The lowest BCUT2D eigenvalue weighted by Crippen LogP contribution is -2.15. The Hall–Kier alpha value is -1.11. The summed E-state index contributed by atoms with van der Waals surface area (Å²) in [5.41, 5.74) is 0.376. The molecule has 0 aromatic heterocycles. The third-order valence-corrected chi connectivity index (χ3v) is 4.56. The Labute approximate surface area is 217 Å². The van der Waals surface area contributed by atoms with Gasteiger partial charge in [0.1, 0.15) is 6.61 Å². The molecular formula is C26H50O10. The number of hydrogen-bond donors (Lipinski definition) is 0. The maximum Gasteiger partial charge on any atom is 0.333 e. The van der Waals surface area contributed by atoms with Crippen LogP contribution in [0.25, 0.3) is 0 Å². The SMILES string of the molecule is C=C(C)C(=O)OCCOCCOCCOCCOCCOCCOCCOCCOCCCCCC. The molecule has 0 aliphatic rings. The van der Waals surface area contributed by atoms with Crippen LogP contribution in [0.15, 0.2) is 12.2 Å². The fourth-order valence-corrected chi connectivity index (χ4v) is 2.59. The maximum absolute atomic E-state index is 11.2. The number of hydrogen-bond acceptors (Lipinski definition) is 10. The van der Waals surface area contributed by atoms with Crippen LogP contribution in [0.2, 0.25) is 0 Å². The highest BCUT2D eigenvalue weighted by Gasteiger charge is 2.01. The van der Waals surface area contributed by atoms with Crippen LogP contribution in [0.4, 0.5) is 0 Å². The zero-order valence-corrected chi connectivity index (χ0v) is 22.6. The van der Waals surface area contributed by atoms with E-state index >= 15 is 0 Å². The molecule has 36 heavy (non-hydrogen) atoms. The highest BCUT2D eigenvalue weighted by molar-refractivity contribution is 5.86. The van der Waals surface area contributed by atoms with Gasteiger partial charge < -0.3 is 42.6 Å². The molecule has 0 spiro atoms. The minimum atomic E-state index is -0.407. The Morgan fingerprint density at radius 1 is 0.472 bits per heavy atom. The Morgan fingerprint density at radius 3 is 1.08 bits per heavy atom. The molecule has 0 saturated carbocycles. The third kappa shape index (κ3) is 29.1. The van der Waals surface area contributed by atoms with Crippen molar-refractivity contribution >= 4 is 5.97 Å². The smallest absolute Gasteiger partial charge is 0.333 e. The van der Waals surface area contributed by atoms with Crippen LogP contribution in [-0.2, 0) is 47.4 Å². The lowest BCUT2D eigenvalue weighted by atomic mass is 10.2. The van der Waals surface area contributed by atoms with E-state index in [2.05, 4.69) is 13.5 Å². The van der Waals surface area contributed by atoms with Crippen molar-refractivity contribution < 1.29 is 47.4 Å². The largest absolute Gasteiger partial charge is 0.460 e. The molecule has 0 heterocycles. The quantitative estimate of drug-likeness (QED) is 0.0795. The van der Waals surface area contributed by atoms with Crippen LogP contribution in [0.5, 0.6) is 0 Å². The molecule has 0 aliphatic carbocycles. The van der Waals surface area contributed by atoms with Crippen molar-refractivity contribution in [3.8, 4) is 0 Å². The van der Waals surface area contributed by atoms with Crippen LogP contribution in [0, 0.1) is 0 Å². The molecule has 0 unspecified atom stereocenters. The van der Waals surface area contributed by atoms with E-state index < -0.39 is 5.97 Å². The van der Waals surface area contributed by atoms with Crippen LogP contribution in [0.3, 0.4) is 0 Å². The second kappa shape index (κ2) is 30.1. The molecule has 0 amide bonds. The van der Waals surface area contributed by atoms with E-state index in [1.54, 1.807) is 6.92 Å². The summed E-state index contributed by atoms with van der Waals surface area (Å²) in [6, 6.07) is 0. The molecular weight excluding hydrogens is 472 g/mol. The van der Waals surface area contributed by atoms with Gasteiger partial charge in [-0.1, -0.05) is 32.8 Å². The summed E-state index contributed by atoms with van der Waals surface area (Å²) >= 11 is 0. The fraction of sp³-hybridized carbons (Fsp3) is 0.885. The average Bonchev–Trinajstić information content (AvgIpc) is 2.87. The van der Waals surface area contributed by atoms with Gasteiger partial charge in [-0.25, -0.2) is 4.79 Å². The Kier molecular flexibility index (Phi) is 29.2. The molecule has 0 atom stereocenters. The van der Waals surface area contributed by atoms with E-state index in [0.29, 0.717) is 105 Å². The fourth-order valence-electron chi connectivity index (χ4n) is 2.59. The highest BCUT2D eigenvalue weighted by atomic mass is 16.6. The van der Waals surface area contributed by atoms with Gasteiger partial charge in [0.05, 0.1) is 99.1 Å². The summed E-state index contributed by atoms with van der Waals surface area (Å²) in [7, 11) is 0. The molecule has 214 valence electrons. The molecule has 0 bridgehead atoms. The normalized spacial score (nSPS) is 11.2. The van der Waals surface area contributed by atoms with Gasteiger partial charge in [0.25, 0.3) is 0 Å². The van der Waals surface area contributed by atoms with Gasteiger partial charge in [0, 0.05) is 12.2 Å². The van der Waals surface area contributed by atoms with Gasteiger partial charge in [0.2, 0.25) is 0 Å². The van der Waals surface area contributed by atoms with Gasteiger partial charge in [-0.15, -0.1) is 0 Å². The van der Waals surface area contributed by atoms with E-state index in [9.17, 15) is 4.79 Å². The highest BCUT2D eigenvalue weighted by Crippen LogP contribution is 1.98. The van der Waals surface area contributed by atoms with Crippen molar-refractivity contribution in [1.29, 1.82) is 0 Å². The first kappa shape index (κ1) is 34.9. The lowest BCUT2D eigenvalue weighted by Gasteiger charge is -2.09. The summed E-state index contributed by atoms with van der Waals surface area (Å²) < 4.78 is 48.3. The number of ether oxygens (including phenoxy) is 9. The minimum absolute atomic E-state index is 0.207. The predicted molar refractivity (Wildman–Crippen MR) is 136 cm³/mol. The Balaban J connectivity index is 3.05. The second-order valence-electron chi connectivity index (χ2n) is 7.88. The first-order valence-electron chi connectivity index (χ1n) is 13.1. The monoisotopic (exact) mass is 522 g/mol. The van der Waals surface area contributed by atoms with E-state index in [0.717, 1.165) is 13.0 Å². The van der Waals surface area contributed by atoms with Crippen molar-refractivity contribution in [1.82, 2.24) is 0 Å². The Morgan fingerprint density at radius 2 is 0.778 bits per heavy atom. The molecule has 0 aromatic carbocycles. The maximum atomic E-state index is 11.2. The first-order valence-corrected chi connectivity index (χ1v) is 13.1. The lowest BCUT2D eigenvalue weighted by molar-refractivity contribution is -0.140. The van der Waals surface area contributed by atoms with Crippen molar-refractivity contribution in [2.45, 2.75) is 39.5 Å². The number of esters is 1. The number of unbranched alkanes of at least 4 members (excludes halogenated alkanes) is 3. The molecule has 10 heteroatoms. The van der Waals surface area contributed by atoms with Gasteiger partial charge >= 0.3 is 5.97 Å². The zero-order chi connectivity index (χ0) is 26.4. The standard InChI is InChI=1S/C26H50O10/c1-4-5-6-7-8-28-9-10-29-11-12-30-13-14-31-15-16-32-17-18-33-19-20-34-21-22-35-23-24-36-26(27)25(2)3/h2,4-24H2,1,3H3. The summed E-state index contributed by atoms with van der Waals surface area (Å²) in [6.07, 6.45) is 4.89. The summed E-state index contributed by atoms with van der Waals surface area (Å²) in [5.74, 6) is -0.407. The van der Waals surface area contributed by atoms with Crippen LogP contribution >= 0.6 is 0 Å². The molecule has 0 N–H and O–H groups in total. The van der Waals surface area contributed by atoms with Crippen LogP contribution in [0.1, 0.15) is 39.5 Å². The van der Waals surface area contributed by atoms with E-state index in [4.69, 9.17) is 42.6 Å². The zero-order valence-electron chi connectivity index (χ0n) is 22.6. The average molecular weight is 523 g/mol. The minimum Gasteiger partial charge on any atom is -0.460 e. The number of carbonyl (C=O) groups excluding carboxylic acids is 1. The predicted octanol–water partition coefficient (Wildman–Crippen LogP) is 2.82. The van der Waals surface area contributed by atoms with Gasteiger partial charge in [-0.3, -0.25) is 0 Å². The molecule has 0 fully saturated rings. The summed E-state index contributed by atoms with van der Waals surface area (Å²) in [5, 5.41) is 0. The number of carbonyl (C=O) groups is 1. The summed E-state index contributed by atoms with van der Waals surface area (Å²) in [6.45, 7) is 16.0. The van der Waals surface area contributed by atoms with Crippen molar-refractivity contribution in [3.05, 3.63) is 12.2 Å². The second-order valence-corrected chi connectivity index (χ2v) is 7.88. The van der Waals surface area contributed by atoms with E-state index in [1.807, 2.05) is 0 Å². The van der Waals surface area contributed by atoms with Crippen LogP contribution < -0.4 is 0 Å². The van der Waals surface area contributed by atoms with Gasteiger partial charge in [-0.05, 0) is 13.3 Å². The molecule has 0 radical (unpaired) electrons. The van der Waals surface area contributed by atoms with Crippen molar-refractivity contribution in [3.63, 3.8) is 0 Å². The molecule has 0 rings (SSSR count). The Bertz CT molecular complexity index is 476. The first-order chi connectivity index (χ1) is 17.7. The van der Waals surface area contributed by atoms with E-state index in [1.165, 1.54) is 19.3 Å². The van der Waals surface area contributed by atoms with E-state index in [-0.39, 0.29) is 6.61 Å². The van der Waals surface area contributed by atoms with Gasteiger partial charge in [0.15, 0.2) is 0 Å². The third-order valence-electron chi connectivity index (χ3n) is 4.56. The molecule has 0 aromatic rings. The van der Waals surface area contributed by atoms with Crippen LogP contribution in [-0.4, -0.2) is 118 Å². The molecule has 0 aliphatic heterocycles. The molecule has 0 saturated heterocycles. The topological polar surface area (TPSA) is 100 Å². The van der Waals surface area contributed by atoms with Crippen molar-refractivity contribution in [2.75, 3.05) is 112 Å². The van der Waals surface area contributed by atoms with Gasteiger partial charge in [-0.2, -0.15) is 0 Å². The molecule has 10 nitrogen and oxygen atoms in total.